The predicted molar refractivity (Wildman–Crippen MR) is 91.5 cm³/mol. The van der Waals surface area contributed by atoms with Gasteiger partial charge in [-0.1, -0.05) is 6.07 Å². The van der Waals surface area contributed by atoms with E-state index in [1.54, 1.807) is 36.5 Å². The summed E-state index contributed by atoms with van der Waals surface area (Å²) < 4.78 is 51.5. The fourth-order valence-corrected chi connectivity index (χ4v) is 2.01. The number of esters is 1. The Morgan fingerprint density at radius 3 is 2.25 bits per heavy atom. The zero-order valence-corrected chi connectivity index (χ0v) is 14.2. The van der Waals surface area contributed by atoms with E-state index >= 15 is 0 Å². The van der Waals surface area contributed by atoms with E-state index in [4.69, 9.17) is 9.47 Å². The van der Waals surface area contributed by atoms with Gasteiger partial charge in [-0.05, 0) is 36.4 Å². The van der Waals surface area contributed by atoms with Gasteiger partial charge < -0.3 is 14.2 Å². The van der Waals surface area contributed by atoms with Crippen molar-refractivity contribution < 1.29 is 32.2 Å². The molecule has 6 nitrogen and oxygen atoms in total. The molecule has 0 spiro atoms. The quantitative estimate of drug-likeness (QED) is 0.458. The summed E-state index contributed by atoms with van der Waals surface area (Å²) in [4.78, 5) is 19.8. The molecule has 1 aromatic carbocycles. The van der Waals surface area contributed by atoms with E-state index in [-0.39, 0.29) is 17.2 Å². The van der Waals surface area contributed by atoms with E-state index < -0.39 is 18.8 Å². The van der Waals surface area contributed by atoms with Gasteiger partial charge in [0.25, 0.3) is 0 Å². The standard InChI is InChI=1S/C19H13F3N2O4/c20-19(21,22)12-26-16-9-4-13(11-24-16)18(25)28-15-7-5-14(6-8-15)27-17-3-1-2-10-23-17/h1-11H,12H2. The summed E-state index contributed by atoms with van der Waals surface area (Å²) in [5.41, 5.74) is 0.0631. The number of rotatable bonds is 6. The van der Waals surface area contributed by atoms with E-state index in [0.717, 1.165) is 12.3 Å². The zero-order valence-electron chi connectivity index (χ0n) is 14.2. The molecule has 0 unspecified atom stereocenters. The van der Waals surface area contributed by atoms with Crippen molar-refractivity contribution in [2.45, 2.75) is 6.18 Å². The lowest BCUT2D eigenvalue weighted by atomic mass is 10.3. The summed E-state index contributed by atoms with van der Waals surface area (Å²) in [5.74, 6) is 0.228. The molecule has 0 N–H and O–H groups in total. The Hall–Kier alpha value is -3.62. The van der Waals surface area contributed by atoms with Crippen LogP contribution < -0.4 is 14.2 Å². The van der Waals surface area contributed by atoms with E-state index in [1.165, 1.54) is 18.2 Å². The fourth-order valence-electron chi connectivity index (χ4n) is 2.01. The topological polar surface area (TPSA) is 70.5 Å². The highest BCUT2D eigenvalue weighted by Crippen LogP contribution is 2.23. The molecule has 0 saturated carbocycles. The van der Waals surface area contributed by atoms with Gasteiger partial charge in [-0.15, -0.1) is 0 Å². The highest BCUT2D eigenvalue weighted by Gasteiger charge is 2.28. The summed E-state index contributed by atoms with van der Waals surface area (Å²) >= 11 is 0. The van der Waals surface area contributed by atoms with Crippen LogP contribution in [-0.4, -0.2) is 28.7 Å². The second kappa shape index (κ2) is 8.38. The molecule has 0 radical (unpaired) electrons. The molecule has 2 heterocycles. The van der Waals surface area contributed by atoms with E-state index in [1.807, 2.05) is 0 Å². The van der Waals surface area contributed by atoms with Crippen LogP contribution >= 0.6 is 0 Å². The molecule has 9 heteroatoms. The molecule has 0 bridgehead atoms. The van der Waals surface area contributed by atoms with Crippen LogP contribution in [-0.2, 0) is 0 Å². The van der Waals surface area contributed by atoms with E-state index in [9.17, 15) is 18.0 Å². The van der Waals surface area contributed by atoms with E-state index in [0.29, 0.717) is 11.6 Å². The van der Waals surface area contributed by atoms with Gasteiger partial charge >= 0.3 is 12.1 Å². The molecule has 3 aromatic rings. The normalized spacial score (nSPS) is 11.0. The molecule has 0 aliphatic carbocycles. The van der Waals surface area contributed by atoms with Crippen molar-refractivity contribution in [1.82, 2.24) is 9.97 Å². The lowest BCUT2D eigenvalue weighted by Crippen LogP contribution is -2.19. The van der Waals surface area contributed by atoms with Gasteiger partial charge in [0.2, 0.25) is 11.8 Å². The van der Waals surface area contributed by atoms with Crippen LogP contribution in [0.25, 0.3) is 0 Å². The minimum Gasteiger partial charge on any atom is -0.468 e. The largest absolute Gasteiger partial charge is 0.468 e. The number of hydrogen-bond donors (Lipinski definition) is 0. The Balaban J connectivity index is 1.57. The second-order valence-electron chi connectivity index (χ2n) is 5.42. The number of nitrogens with zero attached hydrogens (tertiary/aromatic N) is 2. The third-order valence-electron chi connectivity index (χ3n) is 3.25. The summed E-state index contributed by atoms with van der Waals surface area (Å²) in [6.07, 6.45) is -1.79. The lowest BCUT2D eigenvalue weighted by Gasteiger charge is -2.09. The maximum absolute atomic E-state index is 12.1. The van der Waals surface area contributed by atoms with Gasteiger partial charge in [-0.25, -0.2) is 14.8 Å². The number of pyridine rings is 2. The van der Waals surface area contributed by atoms with Crippen molar-refractivity contribution in [3.05, 3.63) is 72.6 Å². The van der Waals surface area contributed by atoms with Gasteiger partial charge in [0.05, 0.1) is 5.56 Å². The molecular weight excluding hydrogens is 377 g/mol. The molecule has 0 aliphatic rings. The second-order valence-corrected chi connectivity index (χ2v) is 5.42. The van der Waals surface area contributed by atoms with Crippen LogP contribution in [0.4, 0.5) is 13.2 Å². The first-order valence-corrected chi connectivity index (χ1v) is 7.96. The first-order chi connectivity index (χ1) is 13.4. The van der Waals surface area contributed by atoms with Crippen molar-refractivity contribution in [2.75, 3.05) is 6.61 Å². The summed E-state index contributed by atoms with van der Waals surface area (Å²) in [6, 6.07) is 13.9. The monoisotopic (exact) mass is 390 g/mol. The maximum atomic E-state index is 12.1. The van der Waals surface area contributed by atoms with Gasteiger partial charge in [-0.2, -0.15) is 13.2 Å². The minimum absolute atomic E-state index is 0.0631. The average molecular weight is 390 g/mol. The Bertz CT molecular complexity index is 915. The number of carbonyl (C=O) groups is 1. The van der Waals surface area contributed by atoms with Crippen molar-refractivity contribution in [1.29, 1.82) is 0 Å². The van der Waals surface area contributed by atoms with Gasteiger partial charge in [0.15, 0.2) is 6.61 Å². The Morgan fingerprint density at radius 2 is 1.64 bits per heavy atom. The number of hydrogen-bond acceptors (Lipinski definition) is 6. The minimum atomic E-state index is -4.47. The predicted octanol–water partition coefficient (Wildman–Crippen LogP) is 4.43. The molecule has 0 amide bonds. The van der Waals surface area contributed by atoms with Crippen molar-refractivity contribution in [2.24, 2.45) is 0 Å². The van der Waals surface area contributed by atoms with E-state index in [2.05, 4.69) is 14.7 Å². The summed E-state index contributed by atoms with van der Waals surface area (Å²) in [5, 5.41) is 0. The van der Waals surface area contributed by atoms with Gasteiger partial charge in [0.1, 0.15) is 11.5 Å². The van der Waals surface area contributed by atoms with Crippen molar-refractivity contribution in [3.63, 3.8) is 0 Å². The smallest absolute Gasteiger partial charge is 0.422 e. The number of benzene rings is 1. The van der Waals surface area contributed by atoms with Crippen LogP contribution in [0.2, 0.25) is 0 Å². The third kappa shape index (κ3) is 5.70. The third-order valence-corrected chi connectivity index (χ3v) is 3.25. The first kappa shape index (κ1) is 19.2. The Kier molecular flexibility index (Phi) is 5.73. The van der Waals surface area contributed by atoms with Crippen LogP contribution in [0, 0.1) is 0 Å². The molecule has 2 aromatic heterocycles. The van der Waals surface area contributed by atoms with Gasteiger partial charge in [-0.3, -0.25) is 0 Å². The van der Waals surface area contributed by atoms with Crippen molar-refractivity contribution in [3.8, 4) is 23.3 Å². The van der Waals surface area contributed by atoms with Crippen LogP contribution in [0.3, 0.4) is 0 Å². The maximum Gasteiger partial charge on any atom is 0.422 e. The Labute approximate surface area is 157 Å². The van der Waals surface area contributed by atoms with Crippen LogP contribution in [0.5, 0.6) is 23.3 Å². The molecule has 144 valence electrons. The highest BCUT2D eigenvalue weighted by molar-refractivity contribution is 5.90. The lowest BCUT2D eigenvalue weighted by molar-refractivity contribution is -0.154. The average Bonchev–Trinajstić information content (AvgIpc) is 2.68. The number of carbonyl (C=O) groups excluding carboxylic acids is 1. The molecule has 0 aliphatic heterocycles. The first-order valence-electron chi connectivity index (χ1n) is 7.96. The molecule has 0 atom stereocenters. The molecule has 28 heavy (non-hydrogen) atoms. The Morgan fingerprint density at radius 1 is 0.893 bits per heavy atom. The molecule has 0 saturated heterocycles. The number of ether oxygens (including phenoxy) is 3. The fraction of sp³-hybridized carbons (Fsp3) is 0.105. The van der Waals surface area contributed by atoms with Crippen LogP contribution in [0.15, 0.2) is 67.0 Å². The van der Waals surface area contributed by atoms with Gasteiger partial charge in [0, 0.05) is 24.5 Å². The summed E-state index contributed by atoms with van der Waals surface area (Å²) in [7, 11) is 0. The van der Waals surface area contributed by atoms with Crippen LogP contribution in [0.1, 0.15) is 10.4 Å². The number of alkyl halides is 3. The van der Waals surface area contributed by atoms with Crippen molar-refractivity contribution >= 4 is 5.97 Å². The summed E-state index contributed by atoms with van der Waals surface area (Å²) in [6.45, 7) is -1.46. The SMILES string of the molecule is O=C(Oc1ccc(Oc2ccccn2)cc1)c1ccc(OCC(F)(F)F)nc1. The molecule has 0 fully saturated rings. The molecule has 3 rings (SSSR count). The number of aromatic nitrogens is 2. The highest BCUT2D eigenvalue weighted by atomic mass is 19.4. The number of halogens is 3. The molecular formula is C19H13F3N2O4. The zero-order chi connectivity index (χ0) is 20.0.